The number of phenols is 2. The molecule has 0 unspecified atom stereocenters. The van der Waals surface area contributed by atoms with E-state index in [-0.39, 0.29) is 40.4 Å². The van der Waals surface area contributed by atoms with Crippen molar-refractivity contribution in [2.75, 3.05) is 5.32 Å². The molecule has 3 aromatic rings. The molecule has 10 heteroatoms. The first-order valence-corrected chi connectivity index (χ1v) is 10.7. The molecule has 0 bridgehead atoms. The summed E-state index contributed by atoms with van der Waals surface area (Å²) < 4.78 is 40.1. The van der Waals surface area contributed by atoms with Gasteiger partial charge < -0.3 is 20.8 Å². The van der Waals surface area contributed by atoms with Gasteiger partial charge >= 0.3 is 6.18 Å². The van der Waals surface area contributed by atoms with Crippen LogP contribution in [0.4, 0.5) is 18.9 Å². The zero-order valence-corrected chi connectivity index (χ0v) is 18.0. The number of hydrogen-bond acceptors (Lipinski definition) is 5. The number of amides is 1. The second kappa shape index (κ2) is 8.97. The number of halogens is 4. The van der Waals surface area contributed by atoms with E-state index in [1.165, 1.54) is 24.3 Å². The number of nitrogens with one attached hydrogen (secondary N) is 2. The lowest BCUT2D eigenvalue weighted by molar-refractivity contribution is -0.140. The lowest BCUT2D eigenvalue weighted by Gasteiger charge is -2.31. The topological polar surface area (TPSA) is 94.5 Å². The minimum absolute atomic E-state index is 0.118. The van der Waals surface area contributed by atoms with Crippen molar-refractivity contribution in [3.05, 3.63) is 58.7 Å². The van der Waals surface area contributed by atoms with Gasteiger partial charge in [-0.3, -0.25) is 4.79 Å². The number of rotatable bonds is 4. The Bertz CT molecular complexity index is 1180. The molecule has 0 saturated heterocycles. The number of hydrogen-bond donors (Lipinski definition) is 4. The molecule has 1 amide bonds. The van der Waals surface area contributed by atoms with Crippen molar-refractivity contribution in [1.29, 1.82) is 0 Å². The van der Waals surface area contributed by atoms with Gasteiger partial charge in [-0.15, -0.1) is 0 Å². The van der Waals surface area contributed by atoms with Crippen LogP contribution in [0.5, 0.6) is 11.5 Å². The van der Waals surface area contributed by atoms with Gasteiger partial charge in [-0.2, -0.15) is 13.2 Å². The van der Waals surface area contributed by atoms with Crippen molar-refractivity contribution >= 4 is 34.1 Å². The van der Waals surface area contributed by atoms with Crippen molar-refractivity contribution in [3.8, 4) is 11.5 Å². The molecule has 0 spiro atoms. The molecule has 2 atom stereocenters. The number of pyridine rings is 1. The zero-order valence-electron chi connectivity index (χ0n) is 17.3. The third kappa shape index (κ3) is 5.42. The first-order valence-electron chi connectivity index (χ1n) is 10.4. The molecule has 1 aliphatic carbocycles. The summed E-state index contributed by atoms with van der Waals surface area (Å²) in [7, 11) is 0. The highest BCUT2D eigenvalue weighted by Gasteiger charge is 2.34. The van der Waals surface area contributed by atoms with Crippen LogP contribution >= 0.6 is 11.6 Å². The van der Waals surface area contributed by atoms with Gasteiger partial charge in [-0.25, -0.2) is 4.98 Å². The lowest BCUT2D eigenvalue weighted by atomic mass is 9.90. The first-order chi connectivity index (χ1) is 15.6. The molecule has 0 aliphatic heterocycles. The Kier molecular flexibility index (Phi) is 6.25. The zero-order chi connectivity index (χ0) is 23.8. The van der Waals surface area contributed by atoms with Crippen molar-refractivity contribution < 1.29 is 28.2 Å². The number of fused-ring (bicyclic) bond motifs is 1. The van der Waals surface area contributed by atoms with Gasteiger partial charge in [0.2, 0.25) is 0 Å². The van der Waals surface area contributed by atoms with Gasteiger partial charge in [0.1, 0.15) is 17.2 Å². The predicted octanol–water partition coefficient (Wildman–Crippen LogP) is 5.47. The van der Waals surface area contributed by atoms with Crippen LogP contribution in [-0.2, 0) is 6.18 Å². The van der Waals surface area contributed by atoms with Gasteiger partial charge in [-0.05, 0) is 62.1 Å². The molecule has 1 fully saturated rings. The molecule has 2 aromatic carbocycles. The number of alkyl halides is 3. The van der Waals surface area contributed by atoms with E-state index in [0.29, 0.717) is 29.7 Å². The van der Waals surface area contributed by atoms with Gasteiger partial charge in [0.25, 0.3) is 5.91 Å². The summed E-state index contributed by atoms with van der Waals surface area (Å²) in [6, 6.07) is 8.70. The average molecular weight is 480 g/mol. The van der Waals surface area contributed by atoms with Gasteiger partial charge in [0.15, 0.2) is 0 Å². The molecule has 4 N–H and O–H groups in total. The van der Waals surface area contributed by atoms with E-state index in [4.69, 9.17) is 11.6 Å². The number of nitrogens with zero attached hydrogens (tertiary/aromatic N) is 1. The molecule has 1 aromatic heterocycles. The van der Waals surface area contributed by atoms with Gasteiger partial charge in [-0.1, -0.05) is 11.6 Å². The van der Waals surface area contributed by atoms with Crippen LogP contribution in [0.15, 0.2) is 42.5 Å². The smallest absolute Gasteiger partial charge is 0.433 e. The average Bonchev–Trinajstić information content (AvgIpc) is 2.73. The first kappa shape index (κ1) is 23.0. The second-order valence-electron chi connectivity index (χ2n) is 8.13. The van der Waals surface area contributed by atoms with E-state index in [1.807, 2.05) is 0 Å². The Labute approximate surface area is 192 Å². The Morgan fingerprint density at radius 2 is 1.73 bits per heavy atom. The molecule has 0 radical (unpaired) electrons. The maximum atomic E-state index is 13.4. The summed E-state index contributed by atoms with van der Waals surface area (Å²) in [6.45, 7) is 0. The Morgan fingerprint density at radius 1 is 1.03 bits per heavy atom. The standard InChI is InChI=1S/C23H21ClF3N3O3/c24-13-4-5-19-18(8-13)20(11-21(30-19)23(25,26)27)28-14-2-1-3-15(9-14)29-22(33)12-6-16(31)10-17(32)7-12/h4-8,10-11,14-15,31-32H,1-3,9H2,(H,28,30)(H,29,33)/t14-,15+/m0/s1. The molecule has 1 heterocycles. The number of phenolic OH excluding ortho intramolecular Hbond substituents is 2. The number of aromatic hydroxyl groups is 2. The normalized spacial score (nSPS) is 18.8. The van der Waals surface area contributed by atoms with E-state index in [9.17, 15) is 28.2 Å². The minimum atomic E-state index is -4.60. The number of carbonyl (C=O) groups is 1. The third-order valence-corrected chi connectivity index (χ3v) is 5.83. The minimum Gasteiger partial charge on any atom is -0.508 e. The molecular weight excluding hydrogens is 459 g/mol. The van der Waals surface area contributed by atoms with Crippen LogP contribution in [0.3, 0.4) is 0 Å². The maximum absolute atomic E-state index is 13.4. The fourth-order valence-corrected chi connectivity index (χ4v) is 4.30. The van der Waals surface area contributed by atoms with Crippen molar-refractivity contribution in [1.82, 2.24) is 10.3 Å². The van der Waals surface area contributed by atoms with E-state index in [2.05, 4.69) is 15.6 Å². The molecule has 4 rings (SSSR count). The van der Waals surface area contributed by atoms with Crippen LogP contribution in [0.25, 0.3) is 10.9 Å². The van der Waals surface area contributed by atoms with E-state index in [1.54, 1.807) is 6.07 Å². The monoisotopic (exact) mass is 479 g/mol. The van der Waals surface area contributed by atoms with Crippen LogP contribution in [0.2, 0.25) is 5.02 Å². The summed E-state index contributed by atoms with van der Waals surface area (Å²) in [5, 5.41) is 26.1. The quantitative estimate of drug-likeness (QED) is 0.398. The van der Waals surface area contributed by atoms with Crippen molar-refractivity contribution in [3.63, 3.8) is 0 Å². The van der Waals surface area contributed by atoms with Crippen LogP contribution in [0, 0.1) is 0 Å². The van der Waals surface area contributed by atoms with Crippen LogP contribution in [0.1, 0.15) is 41.7 Å². The largest absolute Gasteiger partial charge is 0.508 e. The summed E-state index contributed by atoms with van der Waals surface area (Å²) in [5.41, 5.74) is -0.415. The van der Waals surface area contributed by atoms with Gasteiger partial charge in [0.05, 0.1) is 5.52 Å². The fraction of sp³-hybridized carbons (Fsp3) is 0.304. The fourth-order valence-electron chi connectivity index (χ4n) is 4.13. The molecule has 33 heavy (non-hydrogen) atoms. The van der Waals surface area contributed by atoms with E-state index in [0.717, 1.165) is 18.6 Å². The molecule has 6 nitrogen and oxygen atoms in total. The van der Waals surface area contributed by atoms with Crippen LogP contribution in [-0.4, -0.2) is 33.2 Å². The third-order valence-electron chi connectivity index (χ3n) is 5.59. The predicted molar refractivity (Wildman–Crippen MR) is 119 cm³/mol. The van der Waals surface area contributed by atoms with Gasteiger partial charge in [0, 0.05) is 39.8 Å². The summed E-state index contributed by atoms with van der Waals surface area (Å²) in [5.74, 6) is -0.911. The Balaban J connectivity index is 1.53. The molecule has 1 aliphatic rings. The SMILES string of the molecule is O=C(N[C@@H]1CCC[C@H](Nc2cc(C(F)(F)F)nc3ccc(Cl)cc23)C1)c1cc(O)cc(O)c1. The van der Waals surface area contributed by atoms with Crippen molar-refractivity contribution in [2.45, 2.75) is 43.9 Å². The van der Waals surface area contributed by atoms with E-state index < -0.39 is 17.8 Å². The highest BCUT2D eigenvalue weighted by Crippen LogP contribution is 2.35. The lowest BCUT2D eigenvalue weighted by Crippen LogP contribution is -2.41. The number of carbonyl (C=O) groups excluding carboxylic acids is 1. The maximum Gasteiger partial charge on any atom is 0.433 e. The summed E-state index contributed by atoms with van der Waals surface area (Å²) in [6.07, 6.45) is -1.94. The number of anilines is 1. The second-order valence-corrected chi connectivity index (χ2v) is 8.57. The van der Waals surface area contributed by atoms with Crippen molar-refractivity contribution in [2.24, 2.45) is 0 Å². The molecule has 174 valence electrons. The highest BCUT2D eigenvalue weighted by molar-refractivity contribution is 6.31. The molecular formula is C23H21ClF3N3O3. The summed E-state index contributed by atoms with van der Waals surface area (Å²) >= 11 is 6.06. The Hall–Kier alpha value is -3.20. The Morgan fingerprint density at radius 3 is 2.42 bits per heavy atom. The molecule has 1 saturated carbocycles. The summed E-state index contributed by atoms with van der Waals surface area (Å²) in [4.78, 5) is 16.3. The van der Waals surface area contributed by atoms with E-state index >= 15 is 0 Å². The number of benzene rings is 2. The number of aromatic nitrogens is 1. The van der Waals surface area contributed by atoms with Crippen LogP contribution < -0.4 is 10.6 Å². The highest BCUT2D eigenvalue weighted by atomic mass is 35.5.